The van der Waals surface area contributed by atoms with Crippen molar-refractivity contribution < 1.29 is 0 Å². The fourth-order valence-electron chi connectivity index (χ4n) is 1.06. The van der Waals surface area contributed by atoms with E-state index in [9.17, 15) is 0 Å². The van der Waals surface area contributed by atoms with E-state index in [0.29, 0.717) is 0 Å². The first-order valence-electron chi connectivity index (χ1n) is 4.64. The molecule has 0 N–H and O–H groups in total. The van der Waals surface area contributed by atoms with Crippen molar-refractivity contribution in [3.05, 3.63) is 59.7 Å². The standard InChI is InChI=1S/C8H10.C5H6/c1-7-5-3-4-6-8(7)2;1-2-4-5-3-1/h3-6H,1-2H3;1-4H,5H2. The Bertz CT molecular complexity index is 275. The Morgan fingerprint density at radius 1 is 0.846 bits per heavy atom. The molecule has 0 fully saturated rings. The lowest BCUT2D eigenvalue weighted by molar-refractivity contribution is 1.34. The molecule has 13 heavy (non-hydrogen) atoms. The second-order valence-electron chi connectivity index (χ2n) is 3.18. The minimum Gasteiger partial charge on any atom is -0.0808 e. The lowest BCUT2D eigenvalue weighted by Crippen LogP contribution is -1.74. The third-order valence-corrected chi connectivity index (χ3v) is 2.08. The Labute approximate surface area is 80.6 Å². The Morgan fingerprint density at radius 3 is 1.54 bits per heavy atom. The van der Waals surface area contributed by atoms with Crippen molar-refractivity contribution in [2.24, 2.45) is 0 Å². The maximum atomic E-state index is 2.12. The summed E-state index contributed by atoms with van der Waals surface area (Å²) in [6.45, 7) is 4.24. The number of hydrogen-bond acceptors (Lipinski definition) is 0. The highest BCUT2D eigenvalue weighted by molar-refractivity contribution is 5.23. The van der Waals surface area contributed by atoms with Gasteiger partial charge >= 0.3 is 0 Å². The highest BCUT2D eigenvalue weighted by Gasteiger charge is 1.83. The molecule has 0 spiro atoms. The molecule has 0 amide bonds. The molecule has 0 nitrogen and oxygen atoms in total. The predicted octanol–water partition coefficient (Wildman–Crippen LogP) is 3.81. The number of hydrogen-bond donors (Lipinski definition) is 0. The van der Waals surface area contributed by atoms with Crippen LogP contribution in [0.4, 0.5) is 0 Å². The van der Waals surface area contributed by atoms with E-state index >= 15 is 0 Å². The first kappa shape index (κ1) is 9.79. The minimum atomic E-state index is 1.14. The highest BCUT2D eigenvalue weighted by atomic mass is 13.9. The van der Waals surface area contributed by atoms with Gasteiger partial charge in [-0.3, -0.25) is 0 Å². The lowest BCUT2D eigenvalue weighted by atomic mass is 10.1. The maximum absolute atomic E-state index is 2.12. The number of aryl methyl sites for hydroxylation is 2. The SMILES string of the molecule is C1=CCC=C1.Cc1ccccc1C. The number of benzene rings is 1. The zero-order valence-corrected chi connectivity index (χ0v) is 8.33. The molecule has 0 heteroatoms. The molecular weight excluding hydrogens is 156 g/mol. The summed E-state index contributed by atoms with van der Waals surface area (Å²) in [5.41, 5.74) is 2.74. The molecule has 0 radical (unpaired) electrons. The van der Waals surface area contributed by atoms with Gasteiger partial charge in [-0.2, -0.15) is 0 Å². The molecule has 0 atom stereocenters. The van der Waals surface area contributed by atoms with Gasteiger partial charge in [0.2, 0.25) is 0 Å². The van der Waals surface area contributed by atoms with Gasteiger partial charge in [-0.15, -0.1) is 0 Å². The number of rotatable bonds is 0. The monoisotopic (exact) mass is 172 g/mol. The van der Waals surface area contributed by atoms with Crippen molar-refractivity contribution in [2.75, 3.05) is 0 Å². The third-order valence-electron chi connectivity index (χ3n) is 2.08. The second kappa shape index (κ2) is 5.36. The zero-order chi connectivity index (χ0) is 9.52. The summed E-state index contributed by atoms with van der Waals surface area (Å²) in [5.74, 6) is 0. The third kappa shape index (κ3) is 3.75. The molecule has 2 rings (SSSR count). The van der Waals surface area contributed by atoms with E-state index < -0.39 is 0 Å². The molecule has 68 valence electrons. The minimum absolute atomic E-state index is 1.14. The largest absolute Gasteiger partial charge is 0.0808 e. The topological polar surface area (TPSA) is 0 Å². The van der Waals surface area contributed by atoms with Crippen molar-refractivity contribution in [2.45, 2.75) is 20.3 Å². The first-order chi connectivity index (χ1) is 6.30. The van der Waals surface area contributed by atoms with Crippen LogP contribution in [-0.4, -0.2) is 0 Å². The maximum Gasteiger partial charge on any atom is -0.0163 e. The molecule has 1 aliphatic rings. The Balaban J connectivity index is 0.000000145. The van der Waals surface area contributed by atoms with Gasteiger partial charge in [-0.25, -0.2) is 0 Å². The van der Waals surface area contributed by atoms with Crippen molar-refractivity contribution in [3.8, 4) is 0 Å². The van der Waals surface area contributed by atoms with E-state index in [1.54, 1.807) is 0 Å². The van der Waals surface area contributed by atoms with E-state index in [2.05, 4.69) is 62.4 Å². The summed E-state index contributed by atoms with van der Waals surface area (Å²) in [5, 5.41) is 0. The van der Waals surface area contributed by atoms with Crippen molar-refractivity contribution in [1.82, 2.24) is 0 Å². The van der Waals surface area contributed by atoms with Crippen LogP contribution in [0.25, 0.3) is 0 Å². The van der Waals surface area contributed by atoms with Crippen molar-refractivity contribution >= 4 is 0 Å². The van der Waals surface area contributed by atoms with Gasteiger partial charge in [0, 0.05) is 0 Å². The summed E-state index contributed by atoms with van der Waals surface area (Å²) in [7, 11) is 0. The van der Waals surface area contributed by atoms with Crippen LogP contribution in [0.3, 0.4) is 0 Å². The molecule has 1 aliphatic carbocycles. The molecule has 1 aromatic carbocycles. The summed E-state index contributed by atoms with van der Waals surface area (Å²) in [6, 6.07) is 8.36. The number of allylic oxidation sites excluding steroid dienone is 4. The molecule has 0 bridgehead atoms. The van der Waals surface area contributed by atoms with Gasteiger partial charge in [0.1, 0.15) is 0 Å². The average Bonchev–Trinajstić information content (AvgIpc) is 2.68. The van der Waals surface area contributed by atoms with Crippen LogP contribution in [0, 0.1) is 13.8 Å². The van der Waals surface area contributed by atoms with Gasteiger partial charge in [0.25, 0.3) is 0 Å². The van der Waals surface area contributed by atoms with Gasteiger partial charge in [-0.1, -0.05) is 48.6 Å². The van der Waals surface area contributed by atoms with Gasteiger partial charge < -0.3 is 0 Å². The van der Waals surface area contributed by atoms with Gasteiger partial charge in [-0.05, 0) is 31.4 Å². The second-order valence-corrected chi connectivity index (χ2v) is 3.18. The lowest BCUT2D eigenvalue weighted by Gasteiger charge is -1.93. The smallest absolute Gasteiger partial charge is 0.0163 e. The molecule has 0 aromatic heterocycles. The van der Waals surface area contributed by atoms with E-state index in [1.807, 2.05) is 0 Å². The van der Waals surface area contributed by atoms with Crippen molar-refractivity contribution in [3.63, 3.8) is 0 Å². The summed E-state index contributed by atoms with van der Waals surface area (Å²) < 4.78 is 0. The molecule has 0 heterocycles. The van der Waals surface area contributed by atoms with Crippen LogP contribution in [-0.2, 0) is 0 Å². The molecule has 0 aliphatic heterocycles. The summed E-state index contributed by atoms with van der Waals surface area (Å²) in [6.07, 6.45) is 9.50. The van der Waals surface area contributed by atoms with Crippen LogP contribution in [0.2, 0.25) is 0 Å². The van der Waals surface area contributed by atoms with Crippen LogP contribution >= 0.6 is 0 Å². The van der Waals surface area contributed by atoms with E-state index in [4.69, 9.17) is 0 Å². The normalized spacial score (nSPS) is 12.5. The van der Waals surface area contributed by atoms with Crippen LogP contribution in [0.1, 0.15) is 17.5 Å². The van der Waals surface area contributed by atoms with Crippen molar-refractivity contribution in [1.29, 1.82) is 0 Å². The van der Waals surface area contributed by atoms with E-state index in [-0.39, 0.29) is 0 Å². The summed E-state index contributed by atoms with van der Waals surface area (Å²) in [4.78, 5) is 0. The quantitative estimate of drug-likeness (QED) is 0.558. The van der Waals surface area contributed by atoms with Crippen LogP contribution in [0.5, 0.6) is 0 Å². The van der Waals surface area contributed by atoms with E-state index in [0.717, 1.165) is 6.42 Å². The fourth-order valence-corrected chi connectivity index (χ4v) is 1.06. The summed E-state index contributed by atoms with van der Waals surface area (Å²) >= 11 is 0. The molecule has 0 unspecified atom stereocenters. The fraction of sp³-hybridized carbons (Fsp3) is 0.231. The van der Waals surface area contributed by atoms with Crippen LogP contribution in [0.15, 0.2) is 48.6 Å². The first-order valence-corrected chi connectivity index (χ1v) is 4.64. The highest BCUT2D eigenvalue weighted by Crippen LogP contribution is 2.02. The predicted molar refractivity (Wildman–Crippen MR) is 58.8 cm³/mol. The van der Waals surface area contributed by atoms with Gasteiger partial charge in [0.15, 0.2) is 0 Å². The molecule has 0 saturated heterocycles. The van der Waals surface area contributed by atoms with Gasteiger partial charge in [0.05, 0.1) is 0 Å². The Kier molecular flexibility index (Phi) is 4.04. The molecular formula is C13H16. The van der Waals surface area contributed by atoms with Crippen LogP contribution < -0.4 is 0 Å². The molecule has 0 saturated carbocycles. The molecule has 1 aromatic rings. The Morgan fingerprint density at radius 2 is 1.31 bits per heavy atom. The zero-order valence-electron chi connectivity index (χ0n) is 8.33. The Hall–Kier alpha value is -1.30. The average molecular weight is 172 g/mol. The van der Waals surface area contributed by atoms with E-state index in [1.165, 1.54) is 11.1 Å².